The highest BCUT2D eigenvalue weighted by Gasteiger charge is 2.28. The molecule has 0 saturated carbocycles. The lowest BCUT2D eigenvalue weighted by atomic mass is 10.4. The molecule has 2 heterocycles. The van der Waals surface area contributed by atoms with Crippen molar-refractivity contribution in [3.8, 4) is 0 Å². The van der Waals surface area contributed by atoms with Crippen molar-refractivity contribution in [2.24, 2.45) is 0 Å². The Balaban J connectivity index is 2.02. The van der Waals surface area contributed by atoms with E-state index in [1.807, 2.05) is 0 Å². The van der Waals surface area contributed by atoms with Gasteiger partial charge in [0.1, 0.15) is 6.54 Å². The maximum Gasteiger partial charge on any atom is 0.266 e. The lowest BCUT2D eigenvalue weighted by molar-refractivity contribution is 0.376. The van der Waals surface area contributed by atoms with Gasteiger partial charge >= 0.3 is 0 Å². The fraction of sp³-hybridized carbons (Fsp3) is 0.154. The molecule has 2 aromatic heterocycles. The Bertz CT molecular complexity index is 845. The molecule has 3 aromatic rings. The predicted octanol–water partition coefficient (Wildman–Crippen LogP) is 2.23. The van der Waals surface area contributed by atoms with E-state index < -0.39 is 10.0 Å². The monoisotopic (exact) mass is 336 g/mol. The van der Waals surface area contributed by atoms with Crippen molar-refractivity contribution in [2.75, 3.05) is 4.31 Å². The SMILES string of the molecule is Cc1noc(CN(c2nccs2)S(=O)(=O)c2ccccc2)n1. The molecule has 0 radical (unpaired) electrons. The molecule has 0 aliphatic carbocycles. The van der Waals surface area contributed by atoms with Crippen molar-refractivity contribution in [1.29, 1.82) is 0 Å². The Morgan fingerprint density at radius 2 is 2.05 bits per heavy atom. The van der Waals surface area contributed by atoms with Crippen LogP contribution >= 0.6 is 11.3 Å². The molecule has 114 valence electrons. The highest BCUT2D eigenvalue weighted by Crippen LogP contribution is 2.27. The normalized spacial score (nSPS) is 11.5. The zero-order valence-electron chi connectivity index (χ0n) is 11.6. The van der Waals surface area contributed by atoms with Gasteiger partial charge in [0.05, 0.1) is 4.90 Å². The van der Waals surface area contributed by atoms with Gasteiger partial charge in [-0.25, -0.2) is 17.7 Å². The summed E-state index contributed by atoms with van der Waals surface area (Å²) in [6.45, 7) is 1.61. The van der Waals surface area contributed by atoms with E-state index in [4.69, 9.17) is 4.52 Å². The number of thiazole rings is 1. The molecule has 0 fully saturated rings. The van der Waals surface area contributed by atoms with E-state index in [9.17, 15) is 8.42 Å². The number of anilines is 1. The van der Waals surface area contributed by atoms with Gasteiger partial charge in [-0.3, -0.25) is 0 Å². The van der Waals surface area contributed by atoms with Gasteiger partial charge in [0.2, 0.25) is 5.89 Å². The van der Waals surface area contributed by atoms with E-state index in [0.29, 0.717) is 11.0 Å². The summed E-state index contributed by atoms with van der Waals surface area (Å²) in [7, 11) is -3.76. The summed E-state index contributed by atoms with van der Waals surface area (Å²) in [6, 6.07) is 8.17. The fourth-order valence-electron chi connectivity index (χ4n) is 1.84. The molecule has 0 N–H and O–H groups in total. The van der Waals surface area contributed by atoms with Crippen molar-refractivity contribution >= 4 is 26.5 Å². The van der Waals surface area contributed by atoms with Gasteiger partial charge in [-0.2, -0.15) is 4.98 Å². The first kappa shape index (κ1) is 14.7. The van der Waals surface area contributed by atoms with Crippen LogP contribution in [0.1, 0.15) is 11.7 Å². The predicted molar refractivity (Wildman–Crippen MR) is 81.0 cm³/mol. The van der Waals surface area contributed by atoms with Crippen molar-refractivity contribution < 1.29 is 12.9 Å². The molecule has 0 aliphatic heterocycles. The van der Waals surface area contributed by atoms with Crippen LogP contribution < -0.4 is 4.31 Å². The summed E-state index contributed by atoms with van der Waals surface area (Å²) in [5, 5.41) is 5.74. The highest BCUT2D eigenvalue weighted by atomic mass is 32.2. The van der Waals surface area contributed by atoms with Crippen molar-refractivity contribution in [1.82, 2.24) is 15.1 Å². The number of benzene rings is 1. The summed E-state index contributed by atoms with van der Waals surface area (Å²) in [5.41, 5.74) is 0. The molecule has 9 heteroatoms. The molecule has 0 unspecified atom stereocenters. The fourth-order valence-corrected chi connectivity index (χ4v) is 4.10. The molecular formula is C13H12N4O3S2. The van der Waals surface area contributed by atoms with E-state index in [-0.39, 0.29) is 17.3 Å². The van der Waals surface area contributed by atoms with E-state index in [0.717, 1.165) is 0 Å². The van der Waals surface area contributed by atoms with Gasteiger partial charge in [0.15, 0.2) is 11.0 Å². The molecule has 1 aromatic carbocycles. The molecule has 0 amide bonds. The van der Waals surface area contributed by atoms with E-state index >= 15 is 0 Å². The van der Waals surface area contributed by atoms with Crippen LogP contribution in [0, 0.1) is 6.92 Å². The Hall–Kier alpha value is -2.26. The van der Waals surface area contributed by atoms with Crippen LogP contribution in [0.5, 0.6) is 0 Å². The number of aromatic nitrogens is 3. The minimum absolute atomic E-state index is 0.0639. The molecule has 22 heavy (non-hydrogen) atoms. The topological polar surface area (TPSA) is 89.2 Å². The number of sulfonamides is 1. The minimum Gasteiger partial charge on any atom is -0.337 e. The van der Waals surface area contributed by atoms with Crippen LogP contribution in [0.4, 0.5) is 5.13 Å². The van der Waals surface area contributed by atoms with Crippen LogP contribution in [-0.2, 0) is 16.6 Å². The summed E-state index contributed by atoms with van der Waals surface area (Å²) in [4.78, 5) is 8.33. The standard InChI is InChI=1S/C13H12N4O3S2/c1-10-15-12(20-16-10)9-17(13-14-7-8-21-13)22(18,19)11-5-3-2-4-6-11/h2-8H,9H2,1H3. The van der Waals surface area contributed by atoms with Crippen LogP contribution in [0.15, 0.2) is 51.3 Å². The average Bonchev–Trinajstić information content (AvgIpc) is 3.17. The van der Waals surface area contributed by atoms with Gasteiger partial charge in [-0.05, 0) is 19.1 Å². The summed E-state index contributed by atoms with van der Waals surface area (Å²) >= 11 is 1.22. The number of rotatable bonds is 5. The second kappa shape index (κ2) is 5.85. The number of nitrogens with zero attached hydrogens (tertiary/aromatic N) is 4. The second-order valence-electron chi connectivity index (χ2n) is 4.37. The largest absolute Gasteiger partial charge is 0.337 e. The Kier molecular flexibility index (Phi) is 3.90. The molecule has 3 rings (SSSR count). The van der Waals surface area contributed by atoms with Crippen LogP contribution in [0.2, 0.25) is 0 Å². The van der Waals surface area contributed by atoms with E-state index in [1.54, 1.807) is 36.7 Å². The van der Waals surface area contributed by atoms with Gasteiger partial charge in [-0.15, -0.1) is 11.3 Å². The number of hydrogen-bond acceptors (Lipinski definition) is 7. The third kappa shape index (κ3) is 2.85. The Morgan fingerprint density at radius 1 is 1.27 bits per heavy atom. The zero-order chi connectivity index (χ0) is 15.6. The Labute approximate surface area is 131 Å². The van der Waals surface area contributed by atoms with Gasteiger partial charge in [-0.1, -0.05) is 23.4 Å². The first-order valence-electron chi connectivity index (χ1n) is 6.34. The zero-order valence-corrected chi connectivity index (χ0v) is 13.2. The quantitative estimate of drug-likeness (QED) is 0.710. The first-order chi connectivity index (χ1) is 10.6. The van der Waals surface area contributed by atoms with Crippen molar-refractivity contribution in [2.45, 2.75) is 18.4 Å². The van der Waals surface area contributed by atoms with Crippen LogP contribution in [-0.4, -0.2) is 23.5 Å². The summed E-state index contributed by atoms with van der Waals surface area (Å²) in [5.74, 6) is 0.665. The van der Waals surface area contributed by atoms with E-state index in [2.05, 4.69) is 15.1 Å². The summed E-state index contributed by atoms with van der Waals surface area (Å²) in [6.07, 6.45) is 1.55. The average molecular weight is 336 g/mol. The molecule has 0 atom stereocenters. The van der Waals surface area contributed by atoms with Crippen LogP contribution in [0.3, 0.4) is 0 Å². The third-order valence-electron chi connectivity index (χ3n) is 2.81. The summed E-state index contributed by atoms with van der Waals surface area (Å²) < 4.78 is 31.9. The maximum atomic E-state index is 12.8. The third-order valence-corrected chi connectivity index (χ3v) is 5.47. The number of hydrogen-bond donors (Lipinski definition) is 0. The highest BCUT2D eigenvalue weighted by molar-refractivity contribution is 7.93. The van der Waals surface area contributed by atoms with Crippen molar-refractivity contribution in [3.63, 3.8) is 0 Å². The van der Waals surface area contributed by atoms with Gasteiger partial charge in [0.25, 0.3) is 10.0 Å². The smallest absolute Gasteiger partial charge is 0.266 e. The molecule has 0 bridgehead atoms. The molecule has 0 saturated heterocycles. The van der Waals surface area contributed by atoms with Gasteiger partial charge < -0.3 is 4.52 Å². The van der Waals surface area contributed by atoms with Crippen molar-refractivity contribution in [3.05, 3.63) is 53.6 Å². The molecule has 0 spiro atoms. The lowest BCUT2D eigenvalue weighted by Crippen LogP contribution is -2.30. The molecule has 7 nitrogen and oxygen atoms in total. The van der Waals surface area contributed by atoms with Gasteiger partial charge in [0, 0.05) is 11.6 Å². The second-order valence-corrected chi connectivity index (χ2v) is 7.11. The van der Waals surface area contributed by atoms with E-state index in [1.165, 1.54) is 27.8 Å². The number of aryl methyl sites for hydroxylation is 1. The minimum atomic E-state index is -3.76. The molecular weight excluding hydrogens is 324 g/mol. The first-order valence-corrected chi connectivity index (χ1v) is 8.66. The maximum absolute atomic E-state index is 12.8. The lowest BCUT2D eigenvalue weighted by Gasteiger charge is -2.19. The molecule has 0 aliphatic rings. The van der Waals surface area contributed by atoms with Crippen LogP contribution in [0.25, 0.3) is 0 Å². The Morgan fingerprint density at radius 3 is 2.64 bits per heavy atom.